The van der Waals surface area contributed by atoms with Crippen molar-refractivity contribution in [2.45, 2.75) is 17.7 Å². The van der Waals surface area contributed by atoms with Crippen LogP contribution in [0.1, 0.15) is 22.5 Å². The number of ketones is 1. The monoisotopic (exact) mass is 299 g/mol. The van der Waals surface area contributed by atoms with Gasteiger partial charge in [-0.3, -0.25) is 4.79 Å². The topological polar surface area (TPSA) is 58.4 Å². The van der Waals surface area contributed by atoms with Crippen molar-refractivity contribution in [2.75, 3.05) is 44.5 Å². The van der Waals surface area contributed by atoms with Crippen LogP contribution in [0.25, 0.3) is 0 Å². The van der Waals surface area contributed by atoms with Gasteiger partial charge in [-0.1, -0.05) is 0 Å². The van der Waals surface area contributed by atoms with Gasteiger partial charge in [-0.25, -0.2) is 0 Å². The molecule has 3 N–H and O–H groups in total. The third-order valence-corrected chi connectivity index (χ3v) is 5.26. The van der Waals surface area contributed by atoms with E-state index in [2.05, 4.69) is 10.2 Å². The summed E-state index contributed by atoms with van der Waals surface area (Å²) in [6.45, 7) is 1.81. The molecule has 1 aliphatic rings. The molecule has 106 valence electrons. The maximum atomic E-state index is 12.2. The van der Waals surface area contributed by atoms with E-state index in [0.29, 0.717) is 5.69 Å². The molecule has 6 heteroatoms. The third-order valence-electron chi connectivity index (χ3n) is 3.12. The molecule has 1 aliphatic carbocycles. The van der Waals surface area contributed by atoms with E-state index < -0.39 is 0 Å². The lowest BCUT2D eigenvalue weighted by atomic mass is 10.2. The number of nitrogen functional groups attached to an aromatic ring is 1. The van der Waals surface area contributed by atoms with Gasteiger partial charge >= 0.3 is 0 Å². The van der Waals surface area contributed by atoms with Crippen molar-refractivity contribution in [2.24, 2.45) is 5.92 Å². The Morgan fingerprint density at radius 1 is 1.53 bits per heavy atom. The Balaban J connectivity index is 2.13. The van der Waals surface area contributed by atoms with E-state index in [-0.39, 0.29) is 11.7 Å². The fraction of sp³-hybridized carbons (Fsp3) is 0.615. The van der Waals surface area contributed by atoms with Gasteiger partial charge in [-0.05, 0) is 33.2 Å². The predicted molar refractivity (Wildman–Crippen MR) is 84.6 cm³/mol. The zero-order valence-corrected chi connectivity index (χ0v) is 13.3. The van der Waals surface area contributed by atoms with Gasteiger partial charge in [0.1, 0.15) is 5.00 Å². The van der Waals surface area contributed by atoms with Crippen LogP contribution in [0.2, 0.25) is 0 Å². The van der Waals surface area contributed by atoms with Crippen LogP contribution < -0.4 is 11.1 Å². The molecule has 0 aliphatic heterocycles. The molecule has 1 saturated carbocycles. The quantitative estimate of drug-likeness (QED) is 0.599. The smallest absolute Gasteiger partial charge is 0.178 e. The molecular formula is C13H21N3OS2. The number of rotatable bonds is 7. The summed E-state index contributed by atoms with van der Waals surface area (Å²) in [6.07, 6.45) is 4.04. The van der Waals surface area contributed by atoms with Crippen LogP contribution in [-0.4, -0.2) is 44.1 Å². The van der Waals surface area contributed by atoms with Crippen LogP contribution in [0, 0.1) is 5.92 Å². The number of thioether (sulfide) groups is 1. The molecule has 2 rings (SSSR count). The van der Waals surface area contributed by atoms with E-state index in [1.165, 1.54) is 11.3 Å². The number of nitrogens with zero attached hydrogens (tertiary/aromatic N) is 1. The Bertz CT molecular complexity index is 467. The molecule has 0 radical (unpaired) electrons. The maximum absolute atomic E-state index is 12.2. The molecule has 1 aromatic heterocycles. The first-order chi connectivity index (χ1) is 9.04. The Kier molecular flexibility index (Phi) is 4.76. The summed E-state index contributed by atoms with van der Waals surface area (Å²) in [7, 11) is 4.09. The summed E-state index contributed by atoms with van der Waals surface area (Å²) in [5.41, 5.74) is 6.80. The van der Waals surface area contributed by atoms with Gasteiger partial charge in [0.2, 0.25) is 0 Å². The summed E-state index contributed by atoms with van der Waals surface area (Å²) < 4.78 is 0. The van der Waals surface area contributed by atoms with Crippen LogP contribution in [0.3, 0.4) is 0 Å². The van der Waals surface area contributed by atoms with Gasteiger partial charge in [0.25, 0.3) is 0 Å². The Morgan fingerprint density at radius 3 is 2.74 bits per heavy atom. The lowest BCUT2D eigenvalue weighted by Crippen LogP contribution is -2.20. The summed E-state index contributed by atoms with van der Waals surface area (Å²) in [5, 5.41) is 4.43. The number of nitrogens with one attached hydrogen (secondary N) is 1. The van der Waals surface area contributed by atoms with Gasteiger partial charge in [0.15, 0.2) is 5.78 Å². The van der Waals surface area contributed by atoms with Crippen molar-refractivity contribution in [3.63, 3.8) is 0 Å². The van der Waals surface area contributed by atoms with Crippen molar-refractivity contribution in [3.8, 4) is 0 Å². The van der Waals surface area contributed by atoms with E-state index in [4.69, 9.17) is 5.73 Å². The van der Waals surface area contributed by atoms with E-state index in [0.717, 1.165) is 40.7 Å². The molecule has 0 spiro atoms. The number of carbonyl (C=O) groups is 1. The van der Waals surface area contributed by atoms with Crippen molar-refractivity contribution in [1.82, 2.24) is 4.90 Å². The molecule has 1 aromatic rings. The van der Waals surface area contributed by atoms with E-state index in [1.807, 2.05) is 20.4 Å². The second-order valence-corrected chi connectivity index (χ2v) is 6.91. The van der Waals surface area contributed by atoms with Crippen LogP contribution in [0.15, 0.2) is 4.90 Å². The van der Waals surface area contributed by atoms with Gasteiger partial charge in [0.05, 0.1) is 15.5 Å². The number of hydrogen-bond acceptors (Lipinski definition) is 6. The number of Topliss-reactive ketones (excluding diaryl/α,β-unsaturated/α-hetero) is 1. The molecule has 0 saturated heterocycles. The molecule has 19 heavy (non-hydrogen) atoms. The Hall–Kier alpha value is -0.720. The Morgan fingerprint density at radius 2 is 2.21 bits per heavy atom. The van der Waals surface area contributed by atoms with Crippen LogP contribution >= 0.6 is 23.1 Å². The van der Waals surface area contributed by atoms with Gasteiger partial charge in [0, 0.05) is 19.0 Å². The van der Waals surface area contributed by atoms with Crippen molar-refractivity contribution < 1.29 is 4.79 Å². The molecule has 0 aromatic carbocycles. The highest BCUT2D eigenvalue weighted by Crippen LogP contribution is 2.45. The normalized spacial score (nSPS) is 14.9. The lowest BCUT2D eigenvalue weighted by Gasteiger charge is -2.10. The zero-order chi connectivity index (χ0) is 14.0. The fourth-order valence-corrected chi connectivity index (χ4v) is 3.93. The van der Waals surface area contributed by atoms with E-state index in [9.17, 15) is 4.79 Å². The highest BCUT2D eigenvalue weighted by Gasteiger charge is 2.33. The molecule has 0 atom stereocenters. The fourth-order valence-electron chi connectivity index (χ4n) is 1.85. The molecular weight excluding hydrogens is 278 g/mol. The van der Waals surface area contributed by atoms with Gasteiger partial charge in [-0.2, -0.15) is 0 Å². The van der Waals surface area contributed by atoms with Gasteiger partial charge < -0.3 is 16.0 Å². The SMILES string of the molecule is CSc1c(NCCN(C)C)sc(C(=O)C2CC2)c1N. The largest absolute Gasteiger partial charge is 0.396 e. The summed E-state index contributed by atoms with van der Waals surface area (Å²) in [6, 6.07) is 0. The van der Waals surface area contributed by atoms with Crippen LogP contribution in [0.5, 0.6) is 0 Å². The molecule has 0 bridgehead atoms. The first-order valence-corrected chi connectivity index (χ1v) is 8.47. The third kappa shape index (κ3) is 3.43. The van der Waals surface area contributed by atoms with Crippen LogP contribution in [0.4, 0.5) is 10.7 Å². The molecule has 1 heterocycles. The minimum Gasteiger partial charge on any atom is -0.396 e. The number of likely N-dealkylation sites (N-methyl/N-ethyl adjacent to an activating group) is 1. The number of anilines is 2. The lowest BCUT2D eigenvalue weighted by molar-refractivity contribution is 0.0972. The average Bonchev–Trinajstić information content (AvgIpc) is 3.14. The highest BCUT2D eigenvalue weighted by atomic mass is 32.2. The van der Waals surface area contributed by atoms with Crippen LogP contribution in [-0.2, 0) is 0 Å². The highest BCUT2D eigenvalue weighted by molar-refractivity contribution is 7.99. The summed E-state index contributed by atoms with van der Waals surface area (Å²) in [5.74, 6) is 0.462. The van der Waals surface area contributed by atoms with E-state index >= 15 is 0 Å². The average molecular weight is 299 g/mol. The minimum atomic E-state index is 0.227. The summed E-state index contributed by atoms with van der Waals surface area (Å²) in [4.78, 5) is 16.1. The summed E-state index contributed by atoms with van der Waals surface area (Å²) >= 11 is 3.12. The number of nitrogens with two attached hydrogens (primary N) is 1. The number of carbonyl (C=O) groups excluding carboxylic acids is 1. The predicted octanol–water partition coefficient (Wildman–Crippen LogP) is 2.62. The van der Waals surface area contributed by atoms with Gasteiger partial charge in [-0.15, -0.1) is 23.1 Å². The molecule has 0 unspecified atom stereocenters. The second-order valence-electron chi connectivity index (χ2n) is 5.08. The second kappa shape index (κ2) is 6.15. The molecule has 4 nitrogen and oxygen atoms in total. The first kappa shape index (κ1) is 14.7. The standard InChI is InChI=1S/C13H21N3OS2/c1-16(2)7-6-15-13-12(18-3)9(14)11(19-13)10(17)8-4-5-8/h8,15H,4-7,14H2,1-3H3. The van der Waals surface area contributed by atoms with Crippen molar-refractivity contribution >= 4 is 39.6 Å². The Labute approximate surface area is 122 Å². The number of hydrogen-bond donors (Lipinski definition) is 2. The van der Waals surface area contributed by atoms with Crippen molar-refractivity contribution in [3.05, 3.63) is 4.88 Å². The maximum Gasteiger partial charge on any atom is 0.178 e. The first-order valence-electron chi connectivity index (χ1n) is 6.43. The number of thiophene rings is 1. The molecule has 1 fully saturated rings. The zero-order valence-electron chi connectivity index (χ0n) is 11.7. The minimum absolute atomic E-state index is 0.227. The molecule has 0 amide bonds. The van der Waals surface area contributed by atoms with Crippen molar-refractivity contribution in [1.29, 1.82) is 0 Å². The van der Waals surface area contributed by atoms with E-state index in [1.54, 1.807) is 11.8 Å².